The zero-order valence-electron chi connectivity index (χ0n) is 30.0. The van der Waals surface area contributed by atoms with Crippen LogP contribution in [0, 0.1) is 6.85 Å². The first-order valence-corrected chi connectivity index (χ1v) is 16.8. The molecule has 3 aliphatic rings. The van der Waals surface area contributed by atoms with Gasteiger partial charge in [0.05, 0.1) is 5.41 Å². The predicted molar refractivity (Wildman–Crippen MR) is 200 cm³/mol. The van der Waals surface area contributed by atoms with Crippen LogP contribution in [0.3, 0.4) is 0 Å². The average Bonchev–Trinajstić information content (AvgIpc) is 3.70. The Labute approximate surface area is 287 Å². The highest BCUT2D eigenvalue weighted by molar-refractivity contribution is 5.96. The third-order valence-corrected chi connectivity index (χ3v) is 11.2. The number of hydrogen-bond acceptors (Lipinski definition) is 1. The van der Waals surface area contributed by atoms with Crippen LogP contribution in [0.15, 0.2) is 158 Å². The molecule has 228 valence electrons. The fourth-order valence-electron chi connectivity index (χ4n) is 9.11. The monoisotopic (exact) mass is 616 g/mol. The third-order valence-electron chi connectivity index (χ3n) is 11.2. The lowest BCUT2D eigenvalue weighted by atomic mass is 9.70. The minimum Gasteiger partial charge on any atom is -0.310 e. The molecule has 0 atom stereocenters. The molecule has 1 spiro atoms. The molecule has 0 aromatic heterocycles. The number of benzene rings is 7. The topological polar surface area (TPSA) is 3.24 Å². The molecular formula is C47H35N. The number of fused-ring (bicyclic) bond motifs is 13. The SMILES string of the molecule is [2H]C([2H])([2H])c1ccc(N(c2ccc3c(c2)C(C)(C)c2ccccc2-3)c2ccc3c(c2)C2(c4ccccc4-c4ccccc42)c2ccccc2-3)cc1. The van der Waals surface area contributed by atoms with E-state index in [0.29, 0.717) is 5.56 Å². The van der Waals surface area contributed by atoms with Crippen molar-refractivity contribution in [3.8, 4) is 33.4 Å². The van der Waals surface area contributed by atoms with Crippen LogP contribution in [0.5, 0.6) is 0 Å². The van der Waals surface area contributed by atoms with Crippen molar-refractivity contribution in [1.29, 1.82) is 0 Å². The Balaban J connectivity index is 1.23. The summed E-state index contributed by atoms with van der Waals surface area (Å²) in [6.45, 7) is 2.44. The van der Waals surface area contributed by atoms with Gasteiger partial charge in [0.25, 0.3) is 0 Å². The van der Waals surface area contributed by atoms with Crippen molar-refractivity contribution < 1.29 is 4.11 Å². The van der Waals surface area contributed by atoms with Crippen LogP contribution in [0.4, 0.5) is 17.1 Å². The Kier molecular flexibility index (Phi) is 4.94. The van der Waals surface area contributed by atoms with Gasteiger partial charge in [-0.15, -0.1) is 0 Å². The Hall–Kier alpha value is -5.66. The van der Waals surface area contributed by atoms with E-state index in [4.69, 9.17) is 4.11 Å². The summed E-state index contributed by atoms with van der Waals surface area (Å²) in [4.78, 5) is 2.30. The zero-order chi connectivity index (χ0) is 34.7. The maximum Gasteiger partial charge on any atom is 0.0726 e. The van der Waals surface area contributed by atoms with Gasteiger partial charge >= 0.3 is 0 Å². The van der Waals surface area contributed by atoms with E-state index in [1.54, 1.807) is 12.1 Å². The fourth-order valence-corrected chi connectivity index (χ4v) is 9.11. The second-order valence-electron chi connectivity index (χ2n) is 13.9. The molecule has 0 radical (unpaired) electrons. The smallest absolute Gasteiger partial charge is 0.0726 e. The second-order valence-corrected chi connectivity index (χ2v) is 13.9. The summed E-state index contributed by atoms with van der Waals surface area (Å²) in [5.41, 5.74) is 18.1. The molecule has 0 unspecified atom stereocenters. The summed E-state index contributed by atoms with van der Waals surface area (Å²) in [5, 5.41) is 0. The van der Waals surface area contributed by atoms with Crippen LogP contribution >= 0.6 is 0 Å². The average molecular weight is 617 g/mol. The number of hydrogen-bond donors (Lipinski definition) is 0. The fraction of sp³-hybridized carbons (Fsp3) is 0.106. The van der Waals surface area contributed by atoms with Crippen LogP contribution in [0.1, 0.15) is 56.9 Å². The molecule has 0 heterocycles. The van der Waals surface area contributed by atoms with Gasteiger partial charge in [-0.3, -0.25) is 0 Å². The van der Waals surface area contributed by atoms with Crippen LogP contribution < -0.4 is 4.90 Å². The first-order chi connectivity index (χ1) is 24.7. The highest BCUT2D eigenvalue weighted by Gasteiger charge is 2.51. The quantitative estimate of drug-likeness (QED) is 0.191. The largest absolute Gasteiger partial charge is 0.310 e. The van der Waals surface area contributed by atoms with E-state index in [-0.39, 0.29) is 5.41 Å². The Morgan fingerprint density at radius 1 is 0.396 bits per heavy atom. The lowest BCUT2D eigenvalue weighted by molar-refractivity contribution is 0.660. The molecule has 0 aliphatic heterocycles. The van der Waals surface area contributed by atoms with Crippen LogP contribution in [-0.4, -0.2) is 0 Å². The van der Waals surface area contributed by atoms with E-state index >= 15 is 0 Å². The van der Waals surface area contributed by atoms with Crippen LogP contribution in [0.25, 0.3) is 33.4 Å². The lowest BCUT2D eigenvalue weighted by Gasteiger charge is -2.32. The highest BCUT2D eigenvalue weighted by Crippen LogP contribution is 2.63. The Morgan fingerprint density at radius 3 is 1.31 bits per heavy atom. The molecule has 0 fully saturated rings. The Bertz CT molecular complexity index is 2490. The van der Waals surface area contributed by atoms with Crippen molar-refractivity contribution in [3.63, 3.8) is 0 Å². The van der Waals surface area contributed by atoms with Gasteiger partial charge in [-0.25, -0.2) is 0 Å². The zero-order valence-corrected chi connectivity index (χ0v) is 27.0. The first kappa shape index (κ1) is 24.5. The van der Waals surface area contributed by atoms with Gasteiger partial charge in [0.15, 0.2) is 0 Å². The van der Waals surface area contributed by atoms with Crippen LogP contribution in [0.2, 0.25) is 0 Å². The lowest BCUT2D eigenvalue weighted by Crippen LogP contribution is -2.26. The minimum atomic E-state index is -2.18. The normalized spacial score (nSPS) is 16.1. The van der Waals surface area contributed by atoms with Crippen molar-refractivity contribution in [3.05, 3.63) is 197 Å². The van der Waals surface area contributed by atoms with Crippen molar-refractivity contribution in [2.24, 2.45) is 0 Å². The maximum atomic E-state index is 8.05. The molecule has 0 saturated carbocycles. The second kappa shape index (κ2) is 9.69. The van der Waals surface area contributed by atoms with Gasteiger partial charge in [-0.1, -0.05) is 141 Å². The summed E-state index contributed by atoms with van der Waals surface area (Å²) < 4.78 is 24.1. The predicted octanol–water partition coefficient (Wildman–Crippen LogP) is 12.1. The first-order valence-electron chi connectivity index (χ1n) is 18.3. The Morgan fingerprint density at radius 2 is 0.792 bits per heavy atom. The van der Waals surface area contributed by atoms with E-state index in [0.717, 1.165) is 17.1 Å². The number of nitrogens with zero attached hydrogens (tertiary/aromatic N) is 1. The summed E-state index contributed by atoms with van der Waals surface area (Å²) in [6.07, 6.45) is 0. The van der Waals surface area contributed by atoms with E-state index in [2.05, 4.69) is 152 Å². The van der Waals surface area contributed by atoms with E-state index in [1.807, 2.05) is 12.1 Å². The van der Waals surface area contributed by atoms with Gasteiger partial charge in [0.1, 0.15) is 0 Å². The summed E-state index contributed by atoms with van der Waals surface area (Å²) in [6, 6.07) is 56.5. The molecule has 0 amide bonds. The summed E-state index contributed by atoms with van der Waals surface area (Å²) >= 11 is 0. The molecule has 3 aliphatic carbocycles. The van der Waals surface area contributed by atoms with Crippen molar-refractivity contribution >= 4 is 17.1 Å². The van der Waals surface area contributed by atoms with Crippen molar-refractivity contribution in [2.45, 2.75) is 31.5 Å². The molecular weight excluding hydrogens is 579 g/mol. The molecule has 0 bridgehead atoms. The van der Waals surface area contributed by atoms with E-state index in [9.17, 15) is 0 Å². The molecule has 48 heavy (non-hydrogen) atoms. The summed E-state index contributed by atoms with van der Waals surface area (Å²) in [5.74, 6) is 0. The molecule has 10 rings (SSSR count). The highest BCUT2D eigenvalue weighted by atomic mass is 15.1. The van der Waals surface area contributed by atoms with Gasteiger partial charge < -0.3 is 4.90 Å². The molecule has 7 aromatic rings. The van der Waals surface area contributed by atoms with Gasteiger partial charge in [-0.2, -0.15) is 0 Å². The van der Waals surface area contributed by atoms with E-state index < -0.39 is 12.3 Å². The van der Waals surface area contributed by atoms with E-state index in [1.165, 1.54) is 66.8 Å². The molecule has 0 saturated heterocycles. The van der Waals surface area contributed by atoms with Crippen molar-refractivity contribution in [1.82, 2.24) is 0 Å². The molecule has 1 heteroatoms. The molecule has 7 aromatic carbocycles. The van der Waals surface area contributed by atoms with Gasteiger partial charge in [0.2, 0.25) is 0 Å². The minimum absolute atomic E-state index is 0.167. The van der Waals surface area contributed by atoms with Gasteiger partial charge in [0, 0.05) is 26.6 Å². The van der Waals surface area contributed by atoms with Crippen molar-refractivity contribution in [2.75, 3.05) is 4.90 Å². The third kappa shape index (κ3) is 3.46. The maximum absolute atomic E-state index is 8.05. The standard InChI is InChI=1S/C47H35N/c1-30-20-22-31(23-21-30)48(32-24-26-38-34-12-4-8-16-40(34)46(2,3)44(38)28-32)33-25-27-39-37-15-7-11-19-43(37)47(45(39)29-33)41-17-9-5-13-35(41)36-14-6-10-18-42(36)47/h4-29H,1-3H3/i1D3. The number of aryl methyl sites for hydroxylation is 1. The summed E-state index contributed by atoms with van der Waals surface area (Å²) in [7, 11) is 0. The molecule has 0 N–H and O–H groups in total. The van der Waals surface area contributed by atoms with Gasteiger partial charge in [-0.05, 0) is 110 Å². The molecule has 1 nitrogen and oxygen atoms in total. The number of anilines is 3. The number of rotatable bonds is 3. The van der Waals surface area contributed by atoms with Crippen LogP contribution in [-0.2, 0) is 10.8 Å².